The molecule has 1 heterocycles. The smallest absolute Gasteiger partial charge is 0.305 e. The normalized spacial score (nSPS) is 17.2. The van der Waals surface area contributed by atoms with Gasteiger partial charge in [-0.2, -0.15) is 0 Å². The number of carbonyl (C=O) groups excluding carboxylic acids is 1. The van der Waals surface area contributed by atoms with Crippen LogP contribution in [0.3, 0.4) is 0 Å². The summed E-state index contributed by atoms with van der Waals surface area (Å²) in [6, 6.07) is 0. The van der Waals surface area contributed by atoms with E-state index in [0.717, 1.165) is 19.3 Å². The van der Waals surface area contributed by atoms with E-state index < -0.39 is 11.5 Å². The SMILES string of the molecule is Cc1ncsc1C(=O)NC1(CC(=O)O)CCC1. The number of nitrogens with zero attached hydrogens (tertiary/aromatic N) is 1. The number of aryl methyl sites for hydroxylation is 1. The van der Waals surface area contributed by atoms with Crippen LogP contribution in [0.2, 0.25) is 0 Å². The zero-order valence-corrected chi connectivity index (χ0v) is 10.3. The Morgan fingerprint density at radius 3 is 2.71 bits per heavy atom. The molecule has 17 heavy (non-hydrogen) atoms. The van der Waals surface area contributed by atoms with E-state index in [1.807, 2.05) is 0 Å². The van der Waals surface area contributed by atoms with Gasteiger partial charge in [0.15, 0.2) is 0 Å². The average Bonchev–Trinajstić information content (AvgIpc) is 2.60. The summed E-state index contributed by atoms with van der Waals surface area (Å²) in [5, 5.41) is 11.7. The van der Waals surface area contributed by atoms with E-state index in [-0.39, 0.29) is 12.3 Å². The van der Waals surface area contributed by atoms with E-state index in [0.29, 0.717) is 10.6 Å². The fraction of sp³-hybridized carbons (Fsp3) is 0.545. The minimum absolute atomic E-state index is 0.00338. The van der Waals surface area contributed by atoms with Crippen LogP contribution in [0.4, 0.5) is 0 Å². The summed E-state index contributed by atoms with van der Waals surface area (Å²) in [4.78, 5) is 27.3. The molecule has 0 spiro atoms. The molecular formula is C11H14N2O3S. The van der Waals surface area contributed by atoms with Crippen molar-refractivity contribution in [3.05, 3.63) is 16.1 Å². The van der Waals surface area contributed by atoms with Crippen LogP contribution in [0, 0.1) is 6.92 Å². The van der Waals surface area contributed by atoms with E-state index in [1.165, 1.54) is 11.3 Å². The van der Waals surface area contributed by atoms with Gasteiger partial charge in [-0.3, -0.25) is 9.59 Å². The first-order valence-corrected chi connectivity index (χ1v) is 6.35. The highest BCUT2D eigenvalue weighted by molar-refractivity contribution is 7.11. The molecule has 0 saturated heterocycles. The highest BCUT2D eigenvalue weighted by Crippen LogP contribution is 2.35. The number of carbonyl (C=O) groups is 2. The van der Waals surface area contributed by atoms with Gasteiger partial charge in [-0.05, 0) is 26.2 Å². The lowest BCUT2D eigenvalue weighted by molar-refractivity contribution is -0.139. The maximum absolute atomic E-state index is 12.0. The van der Waals surface area contributed by atoms with Crippen molar-refractivity contribution in [1.29, 1.82) is 0 Å². The van der Waals surface area contributed by atoms with Crippen molar-refractivity contribution in [1.82, 2.24) is 10.3 Å². The first-order valence-electron chi connectivity index (χ1n) is 5.47. The Hall–Kier alpha value is -1.43. The van der Waals surface area contributed by atoms with Crippen molar-refractivity contribution < 1.29 is 14.7 Å². The van der Waals surface area contributed by atoms with Gasteiger partial charge < -0.3 is 10.4 Å². The molecule has 0 radical (unpaired) electrons. The fourth-order valence-corrected chi connectivity index (χ4v) is 2.75. The van der Waals surface area contributed by atoms with E-state index in [2.05, 4.69) is 10.3 Å². The summed E-state index contributed by atoms with van der Waals surface area (Å²) in [6.07, 6.45) is 2.44. The third kappa shape index (κ3) is 2.46. The molecule has 1 aliphatic rings. The number of thiazole rings is 1. The Balaban J connectivity index is 2.07. The molecule has 1 saturated carbocycles. The number of carboxylic acid groups (broad SMARTS) is 1. The number of amides is 1. The first-order chi connectivity index (χ1) is 8.02. The van der Waals surface area contributed by atoms with Gasteiger partial charge in [-0.25, -0.2) is 4.98 Å². The number of nitrogens with one attached hydrogen (secondary N) is 1. The van der Waals surface area contributed by atoms with Gasteiger partial charge >= 0.3 is 5.97 Å². The molecule has 1 aliphatic carbocycles. The van der Waals surface area contributed by atoms with Crippen LogP contribution in [0.5, 0.6) is 0 Å². The molecule has 0 atom stereocenters. The van der Waals surface area contributed by atoms with Gasteiger partial charge in [-0.15, -0.1) is 11.3 Å². The molecule has 1 amide bonds. The van der Waals surface area contributed by atoms with Crippen LogP contribution in [0.15, 0.2) is 5.51 Å². The summed E-state index contributed by atoms with van der Waals surface area (Å²) in [7, 11) is 0. The molecule has 1 fully saturated rings. The summed E-state index contributed by atoms with van der Waals surface area (Å²) in [5.74, 6) is -1.07. The maximum atomic E-state index is 12.0. The van der Waals surface area contributed by atoms with Gasteiger partial charge in [0, 0.05) is 0 Å². The van der Waals surface area contributed by atoms with Crippen LogP contribution < -0.4 is 5.32 Å². The summed E-state index contributed by atoms with van der Waals surface area (Å²) in [5.41, 5.74) is 1.77. The van der Waals surface area contributed by atoms with Crippen molar-refractivity contribution in [3.63, 3.8) is 0 Å². The molecule has 5 nitrogen and oxygen atoms in total. The third-order valence-corrected chi connectivity index (χ3v) is 4.06. The van der Waals surface area contributed by atoms with E-state index in [1.54, 1.807) is 12.4 Å². The minimum atomic E-state index is -0.869. The highest BCUT2D eigenvalue weighted by atomic mass is 32.1. The quantitative estimate of drug-likeness (QED) is 0.855. The van der Waals surface area contributed by atoms with Gasteiger partial charge in [0.1, 0.15) is 4.88 Å². The zero-order chi connectivity index (χ0) is 12.5. The molecule has 0 unspecified atom stereocenters. The number of aromatic nitrogens is 1. The topological polar surface area (TPSA) is 79.3 Å². The molecule has 1 aromatic rings. The van der Waals surface area contributed by atoms with Crippen molar-refractivity contribution in [3.8, 4) is 0 Å². The van der Waals surface area contributed by atoms with Crippen molar-refractivity contribution >= 4 is 23.2 Å². The number of aliphatic carboxylic acids is 1. The Labute approximate surface area is 103 Å². The van der Waals surface area contributed by atoms with Crippen LogP contribution in [-0.4, -0.2) is 27.5 Å². The molecule has 2 rings (SSSR count). The second-order valence-corrected chi connectivity index (χ2v) is 5.28. The van der Waals surface area contributed by atoms with Crippen molar-refractivity contribution in [2.24, 2.45) is 0 Å². The van der Waals surface area contributed by atoms with E-state index in [4.69, 9.17) is 5.11 Å². The van der Waals surface area contributed by atoms with Crippen LogP contribution in [0.25, 0.3) is 0 Å². The van der Waals surface area contributed by atoms with Crippen molar-refractivity contribution in [2.75, 3.05) is 0 Å². The molecule has 0 aromatic carbocycles. The number of rotatable bonds is 4. The largest absolute Gasteiger partial charge is 0.481 e. The molecule has 6 heteroatoms. The Bertz CT molecular complexity index is 451. The van der Waals surface area contributed by atoms with Gasteiger partial charge in [0.25, 0.3) is 5.91 Å². The number of hydrogen-bond acceptors (Lipinski definition) is 4. The lowest BCUT2D eigenvalue weighted by Crippen LogP contribution is -2.54. The molecule has 2 N–H and O–H groups in total. The van der Waals surface area contributed by atoms with E-state index in [9.17, 15) is 9.59 Å². The lowest BCUT2D eigenvalue weighted by atomic mass is 9.74. The fourth-order valence-electron chi connectivity index (χ4n) is 2.06. The predicted octanol–water partition coefficient (Wildman–Crippen LogP) is 1.58. The second-order valence-electron chi connectivity index (χ2n) is 4.43. The van der Waals surface area contributed by atoms with Crippen molar-refractivity contribution in [2.45, 2.75) is 38.1 Å². The molecule has 92 valence electrons. The van der Waals surface area contributed by atoms with Crippen LogP contribution in [-0.2, 0) is 4.79 Å². The molecule has 0 bridgehead atoms. The van der Waals surface area contributed by atoms with Gasteiger partial charge in [0.05, 0.1) is 23.2 Å². The first kappa shape index (κ1) is 12.0. The Morgan fingerprint density at radius 1 is 1.59 bits per heavy atom. The second kappa shape index (κ2) is 4.44. The number of carboxylic acids is 1. The monoisotopic (exact) mass is 254 g/mol. The zero-order valence-electron chi connectivity index (χ0n) is 9.52. The van der Waals surface area contributed by atoms with E-state index >= 15 is 0 Å². The number of hydrogen-bond donors (Lipinski definition) is 2. The molecule has 1 aromatic heterocycles. The van der Waals surface area contributed by atoms with Crippen LogP contribution in [0.1, 0.15) is 41.0 Å². The average molecular weight is 254 g/mol. The summed E-state index contributed by atoms with van der Waals surface area (Å²) in [6.45, 7) is 1.77. The maximum Gasteiger partial charge on any atom is 0.305 e. The lowest BCUT2D eigenvalue weighted by Gasteiger charge is -2.41. The minimum Gasteiger partial charge on any atom is -0.481 e. The highest BCUT2D eigenvalue weighted by Gasteiger charge is 2.40. The van der Waals surface area contributed by atoms with Crippen LogP contribution >= 0.6 is 11.3 Å². The molecular weight excluding hydrogens is 240 g/mol. The third-order valence-electron chi connectivity index (χ3n) is 3.13. The molecule has 0 aliphatic heterocycles. The standard InChI is InChI=1S/C11H14N2O3S/c1-7-9(17-6-12-7)10(16)13-11(3-2-4-11)5-8(14)15/h6H,2-5H2,1H3,(H,13,16)(H,14,15). The van der Waals surface area contributed by atoms with Gasteiger partial charge in [0.2, 0.25) is 0 Å². The Kier molecular flexibility index (Phi) is 3.15. The summed E-state index contributed by atoms with van der Waals surface area (Å²) >= 11 is 1.28. The Morgan fingerprint density at radius 2 is 2.29 bits per heavy atom. The summed E-state index contributed by atoms with van der Waals surface area (Å²) < 4.78 is 0. The predicted molar refractivity (Wildman–Crippen MR) is 63.2 cm³/mol. The van der Waals surface area contributed by atoms with Gasteiger partial charge in [-0.1, -0.05) is 0 Å².